The molecule has 0 bridgehead atoms. The van der Waals surface area contributed by atoms with E-state index < -0.39 is 11.5 Å². The van der Waals surface area contributed by atoms with E-state index in [1.54, 1.807) is 12.1 Å². The molecule has 0 atom stereocenters. The number of hydrogen-bond acceptors (Lipinski definition) is 3. The third-order valence-corrected chi connectivity index (χ3v) is 4.08. The zero-order chi connectivity index (χ0) is 12.3. The minimum Gasteiger partial charge on any atom is -0.480 e. The maximum atomic E-state index is 11.9. The average molecular weight is 253 g/mol. The van der Waals surface area contributed by atoms with Crippen LogP contribution in [0.2, 0.25) is 0 Å². The number of amides is 1. The first-order valence-corrected chi connectivity index (χ1v) is 6.61. The Bertz CT molecular complexity index is 407. The number of aliphatic carboxylic acids is 1. The highest BCUT2D eigenvalue weighted by Gasteiger charge is 2.41. The molecule has 0 aromatic carbocycles. The Morgan fingerprint density at radius 1 is 1.29 bits per heavy atom. The fraction of sp³-hybridized carbons (Fsp3) is 0.500. The molecule has 1 heterocycles. The number of carboxylic acids is 1. The second-order valence-electron chi connectivity index (χ2n) is 4.38. The van der Waals surface area contributed by atoms with Gasteiger partial charge < -0.3 is 10.4 Å². The van der Waals surface area contributed by atoms with Crippen LogP contribution in [0.25, 0.3) is 0 Å². The van der Waals surface area contributed by atoms with E-state index in [9.17, 15) is 14.7 Å². The summed E-state index contributed by atoms with van der Waals surface area (Å²) in [5, 5.41) is 13.8. The summed E-state index contributed by atoms with van der Waals surface area (Å²) in [5.41, 5.74) is -1.06. The van der Waals surface area contributed by atoms with Crippen molar-refractivity contribution in [3.8, 4) is 0 Å². The van der Waals surface area contributed by atoms with Crippen LogP contribution in [-0.4, -0.2) is 22.5 Å². The van der Waals surface area contributed by atoms with E-state index in [0.29, 0.717) is 17.7 Å². The molecule has 1 aromatic rings. The minimum atomic E-state index is -1.06. The van der Waals surface area contributed by atoms with Crippen molar-refractivity contribution < 1.29 is 14.7 Å². The van der Waals surface area contributed by atoms with Crippen LogP contribution < -0.4 is 5.32 Å². The molecule has 1 aromatic heterocycles. The largest absolute Gasteiger partial charge is 0.480 e. The van der Waals surface area contributed by atoms with Gasteiger partial charge in [-0.3, -0.25) is 4.79 Å². The van der Waals surface area contributed by atoms with Crippen molar-refractivity contribution in [3.05, 3.63) is 22.4 Å². The fourth-order valence-electron chi connectivity index (χ4n) is 2.23. The smallest absolute Gasteiger partial charge is 0.329 e. The van der Waals surface area contributed by atoms with Gasteiger partial charge in [-0.15, -0.1) is 11.3 Å². The molecule has 1 fully saturated rings. The molecule has 1 aliphatic rings. The summed E-state index contributed by atoms with van der Waals surface area (Å²) < 4.78 is 0. The Kier molecular flexibility index (Phi) is 3.47. The molecule has 1 aliphatic carbocycles. The fourth-order valence-corrected chi connectivity index (χ4v) is 2.85. The van der Waals surface area contributed by atoms with Crippen LogP contribution >= 0.6 is 11.3 Å². The molecule has 4 nitrogen and oxygen atoms in total. The Labute approximate surface area is 104 Å². The summed E-state index contributed by atoms with van der Waals surface area (Å²) >= 11 is 1.33. The highest BCUT2D eigenvalue weighted by Crippen LogP contribution is 2.29. The molecule has 0 radical (unpaired) electrons. The first kappa shape index (κ1) is 12.1. The lowest BCUT2D eigenvalue weighted by molar-refractivity contribution is -0.145. The molecule has 0 spiro atoms. The van der Waals surface area contributed by atoms with Crippen LogP contribution in [0.15, 0.2) is 17.5 Å². The number of thiophene rings is 1. The molecule has 0 aliphatic heterocycles. The van der Waals surface area contributed by atoms with E-state index in [1.807, 2.05) is 5.38 Å². The van der Waals surface area contributed by atoms with Crippen molar-refractivity contribution in [2.75, 3.05) is 0 Å². The standard InChI is InChI=1S/C12H15NO3S/c14-10(9-5-4-8-17-9)13-12(11(15)16)6-2-1-3-7-12/h4-5,8H,1-3,6-7H2,(H,13,14)(H,15,16). The van der Waals surface area contributed by atoms with Gasteiger partial charge in [-0.25, -0.2) is 4.79 Å². The molecule has 1 saturated carbocycles. The summed E-state index contributed by atoms with van der Waals surface area (Å²) in [7, 11) is 0. The highest BCUT2D eigenvalue weighted by molar-refractivity contribution is 7.12. The normalized spacial score (nSPS) is 18.6. The minimum absolute atomic E-state index is 0.274. The second-order valence-corrected chi connectivity index (χ2v) is 5.33. The Morgan fingerprint density at radius 2 is 2.00 bits per heavy atom. The van der Waals surface area contributed by atoms with Gasteiger partial charge in [0, 0.05) is 0 Å². The zero-order valence-corrected chi connectivity index (χ0v) is 10.3. The lowest BCUT2D eigenvalue weighted by Gasteiger charge is -2.33. The van der Waals surface area contributed by atoms with Crippen molar-refractivity contribution >= 4 is 23.2 Å². The van der Waals surface area contributed by atoms with Crippen LogP contribution in [-0.2, 0) is 4.79 Å². The van der Waals surface area contributed by atoms with Crippen LogP contribution in [0.3, 0.4) is 0 Å². The predicted molar refractivity (Wildman–Crippen MR) is 65.2 cm³/mol. The quantitative estimate of drug-likeness (QED) is 0.868. The maximum absolute atomic E-state index is 11.9. The molecule has 0 unspecified atom stereocenters. The average Bonchev–Trinajstić information content (AvgIpc) is 2.83. The van der Waals surface area contributed by atoms with Crippen LogP contribution in [0.5, 0.6) is 0 Å². The zero-order valence-electron chi connectivity index (χ0n) is 9.44. The van der Waals surface area contributed by atoms with Gasteiger partial charge in [-0.2, -0.15) is 0 Å². The summed E-state index contributed by atoms with van der Waals surface area (Å²) in [6, 6.07) is 3.49. The third-order valence-electron chi connectivity index (χ3n) is 3.21. The second kappa shape index (κ2) is 4.87. The SMILES string of the molecule is O=C(NC1(C(=O)O)CCCCC1)c1cccs1. The highest BCUT2D eigenvalue weighted by atomic mass is 32.1. The monoisotopic (exact) mass is 253 g/mol. The van der Waals surface area contributed by atoms with Gasteiger partial charge in [0.2, 0.25) is 0 Å². The van der Waals surface area contributed by atoms with Gasteiger partial charge in [-0.1, -0.05) is 25.3 Å². The van der Waals surface area contributed by atoms with Crippen molar-refractivity contribution in [2.24, 2.45) is 0 Å². The van der Waals surface area contributed by atoms with Crippen molar-refractivity contribution in [1.29, 1.82) is 0 Å². The van der Waals surface area contributed by atoms with Crippen molar-refractivity contribution in [2.45, 2.75) is 37.6 Å². The van der Waals surface area contributed by atoms with Crippen molar-refractivity contribution in [1.82, 2.24) is 5.32 Å². The number of rotatable bonds is 3. The summed E-state index contributed by atoms with van der Waals surface area (Å²) in [6.07, 6.45) is 3.82. The van der Waals surface area contributed by atoms with E-state index >= 15 is 0 Å². The number of nitrogens with one attached hydrogen (secondary N) is 1. The maximum Gasteiger partial charge on any atom is 0.329 e. The topological polar surface area (TPSA) is 66.4 Å². The van der Waals surface area contributed by atoms with E-state index in [0.717, 1.165) is 19.3 Å². The van der Waals surface area contributed by atoms with Crippen LogP contribution in [0, 0.1) is 0 Å². The van der Waals surface area contributed by atoms with Gasteiger partial charge in [0.1, 0.15) is 5.54 Å². The van der Waals surface area contributed by atoms with Gasteiger partial charge in [0.05, 0.1) is 4.88 Å². The Morgan fingerprint density at radius 3 is 2.53 bits per heavy atom. The molecule has 92 valence electrons. The lowest BCUT2D eigenvalue weighted by atomic mass is 9.81. The number of carbonyl (C=O) groups excluding carboxylic acids is 1. The third kappa shape index (κ3) is 2.49. The van der Waals surface area contributed by atoms with Gasteiger partial charge >= 0.3 is 5.97 Å². The van der Waals surface area contributed by atoms with E-state index in [4.69, 9.17) is 0 Å². The molecule has 2 N–H and O–H groups in total. The first-order valence-electron chi connectivity index (χ1n) is 5.73. The van der Waals surface area contributed by atoms with E-state index in [2.05, 4.69) is 5.32 Å². The number of hydrogen-bond donors (Lipinski definition) is 2. The lowest BCUT2D eigenvalue weighted by Crippen LogP contribution is -2.55. The van der Waals surface area contributed by atoms with E-state index in [-0.39, 0.29) is 5.91 Å². The molecule has 0 saturated heterocycles. The Balaban J connectivity index is 2.13. The summed E-state index contributed by atoms with van der Waals surface area (Å²) in [4.78, 5) is 23.9. The van der Waals surface area contributed by atoms with Crippen LogP contribution in [0.1, 0.15) is 41.8 Å². The number of carboxylic acid groups (broad SMARTS) is 1. The Hall–Kier alpha value is -1.36. The predicted octanol–water partition coefficient (Wildman–Crippen LogP) is 2.27. The molecule has 5 heteroatoms. The molecular weight excluding hydrogens is 238 g/mol. The van der Waals surface area contributed by atoms with Crippen molar-refractivity contribution in [3.63, 3.8) is 0 Å². The molecule has 2 rings (SSSR count). The van der Waals surface area contributed by atoms with Gasteiger partial charge in [0.15, 0.2) is 0 Å². The van der Waals surface area contributed by atoms with E-state index in [1.165, 1.54) is 11.3 Å². The summed E-state index contributed by atoms with van der Waals surface area (Å²) in [5.74, 6) is -1.19. The molecule has 17 heavy (non-hydrogen) atoms. The summed E-state index contributed by atoms with van der Waals surface area (Å²) in [6.45, 7) is 0. The number of carbonyl (C=O) groups is 2. The van der Waals surface area contributed by atoms with Gasteiger partial charge in [0.25, 0.3) is 5.91 Å². The molecular formula is C12H15NO3S. The first-order chi connectivity index (χ1) is 8.14. The van der Waals surface area contributed by atoms with Crippen LogP contribution in [0.4, 0.5) is 0 Å². The van der Waals surface area contributed by atoms with Gasteiger partial charge in [-0.05, 0) is 24.3 Å². The molecule has 1 amide bonds.